The number of amides is 1. The average molecular weight is 463 g/mol. The lowest BCUT2D eigenvalue weighted by atomic mass is 10.1. The molecule has 5 nitrogen and oxygen atoms in total. The minimum Gasteiger partial charge on any atom is -0.497 e. The van der Waals surface area contributed by atoms with E-state index in [1.54, 1.807) is 25.2 Å². The third-order valence-electron chi connectivity index (χ3n) is 4.72. The number of carbonyl (C=O) groups excluding carboxylic acids is 1. The highest BCUT2D eigenvalue weighted by atomic mass is 79.9. The van der Waals surface area contributed by atoms with Crippen molar-refractivity contribution in [3.8, 4) is 11.5 Å². The van der Waals surface area contributed by atoms with Gasteiger partial charge in [-0.1, -0.05) is 46.3 Å². The summed E-state index contributed by atoms with van der Waals surface area (Å²) in [4.78, 5) is 19.7. The molecule has 1 amide bonds. The molecule has 0 aromatic heterocycles. The van der Waals surface area contributed by atoms with Gasteiger partial charge in [0.2, 0.25) is 0 Å². The summed E-state index contributed by atoms with van der Waals surface area (Å²) in [5.41, 5.74) is 2.68. The summed E-state index contributed by atoms with van der Waals surface area (Å²) in [6.45, 7) is 0. The number of ether oxygens (including phenoxy) is 2. The predicted molar refractivity (Wildman–Crippen MR) is 122 cm³/mol. The van der Waals surface area contributed by atoms with Crippen LogP contribution in [0.5, 0.6) is 11.5 Å². The molecular weight excluding hydrogens is 444 g/mol. The molecule has 0 aliphatic carbocycles. The zero-order chi connectivity index (χ0) is 21.1. The molecule has 3 aromatic carbocycles. The Kier molecular flexibility index (Phi) is 5.68. The summed E-state index contributed by atoms with van der Waals surface area (Å²) in [6, 6.07) is 22.6. The number of halogens is 1. The largest absolute Gasteiger partial charge is 0.497 e. The molecule has 4 rings (SSSR count). The fraction of sp³-hybridized carbons (Fsp3) is 0.0833. The maximum Gasteiger partial charge on any atom is 0.282 e. The third kappa shape index (κ3) is 3.86. The predicted octanol–water partition coefficient (Wildman–Crippen LogP) is 5.30. The molecule has 0 atom stereocenters. The van der Waals surface area contributed by atoms with E-state index < -0.39 is 0 Å². The minimum atomic E-state index is -0.205. The van der Waals surface area contributed by atoms with Gasteiger partial charge in [-0.25, -0.2) is 4.99 Å². The highest BCUT2D eigenvalue weighted by Crippen LogP contribution is 2.31. The fourth-order valence-electron chi connectivity index (χ4n) is 3.21. The standard InChI is InChI=1S/C24H19BrN2O3/c1-29-20-13-11-19(12-14-20)27-23(16-7-9-18(25)10-8-16)26-21(24(27)28)15-17-5-3-4-6-22(17)30-2/h3-15H,1-2H3/b21-15+. The number of methoxy groups -OCH3 is 2. The summed E-state index contributed by atoms with van der Waals surface area (Å²) < 4.78 is 11.6. The second kappa shape index (κ2) is 8.55. The second-order valence-electron chi connectivity index (χ2n) is 6.55. The average Bonchev–Trinajstić information content (AvgIpc) is 3.10. The van der Waals surface area contributed by atoms with Gasteiger partial charge in [-0.3, -0.25) is 9.69 Å². The number of anilines is 1. The molecule has 0 radical (unpaired) electrons. The molecule has 0 fully saturated rings. The first-order valence-corrected chi connectivity index (χ1v) is 10.1. The van der Waals surface area contributed by atoms with Gasteiger partial charge in [0.15, 0.2) is 0 Å². The Balaban J connectivity index is 1.82. The van der Waals surface area contributed by atoms with Gasteiger partial charge in [0.05, 0.1) is 19.9 Å². The lowest BCUT2D eigenvalue weighted by molar-refractivity contribution is -0.113. The zero-order valence-electron chi connectivity index (χ0n) is 16.5. The van der Waals surface area contributed by atoms with Crippen LogP contribution in [0.1, 0.15) is 11.1 Å². The lowest BCUT2D eigenvalue weighted by Gasteiger charge is -2.19. The van der Waals surface area contributed by atoms with Gasteiger partial charge in [-0.05, 0) is 48.5 Å². The van der Waals surface area contributed by atoms with E-state index in [-0.39, 0.29) is 5.91 Å². The second-order valence-corrected chi connectivity index (χ2v) is 7.47. The van der Waals surface area contributed by atoms with Crippen molar-refractivity contribution < 1.29 is 14.3 Å². The number of rotatable bonds is 5. The van der Waals surface area contributed by atoms with E-state index >= 15 is 0 Å². The number of amidine groups is 1. The topological polar surface area (TPSA) is 51.1 Å². The fourth-order valence-corrected chi connectivity index (χ4v) is 3.48. The maximum absolute atomic E-state index is 13.4. The van der Waals surface area contributed by atoms with E-state index in [0.717, 1.165) is 21.3 Å². The van der Waals surface area contributed by atoms with Crippen LogP contribution in [0.15, 0.2) is 88.0 Å². The van der Waals surface area contributed by atoms with Crippen LogP contribution in [0.25, 0.3) is 6.08 Å². The maximum atomic E-state index is 13.4. The number of nitrogens with zero attached hydrogens (tertiary/aromatic N) is 2. The summed E-state index contributed by atoms with van der Waals surface area (Å²) in [6.07, 6.45) is 1.75. The van der Waals surface area contributed by atoms with Crippen LogP contribution in [0.2, 0.25) is 0 Å². The van der Waals surface area contributed by atoms with Gasteiger partial charge in [-0.15, -0.1) is 0 Å². The molecule has 0 spiro atoms. The first-order valence-electron chi connectivity index (χ1n) is 9.28. The number of hydrogen-bond acceptors (Lipinski definition) is 4. The Morgan fingerprint density at radius 2 is 1.60 bits per heavy atom. The van der Waals surface area contributed by atoms with Crippen molar-refractivity contribution in [3.63, 3.8) is 0 Å². The van der Waals surface area contributed by atoms with E-state index in [9.17, 15) is 4.79 Å². The SMILES string of the molecule is COc1ccc(N2C(=O)/C(=C\c3ccccc3OC)N=C2c2ccc(Br)cc2)cc1. The number of benzene rings is 3. The van der Waals surface area contributed by atoms with Crippen molar-refractivity contribution in [2.24, 2.45) is 4.99 Å². The van der Waals surface area contributed by atoms with Crippen LogP contribution < -0.4 is 14.4 Å². The lowest BCUT2D eigenvalue weighted by Crippen LogP contribution is -2.32. The van der Waals surface area contributed by atoms with Crippen LogP contribution in [0.3, 0.4) is 0 Å². The van der Waals surface area contributed by atoms with Gasteiger partial charge < -0.3 is 9.47 Å². The van der Waals surface area contributed by atoms with Gasteiger partial charge in [-0.2, -0.15) is 0 Å². The van der Waals surface area contributed by atoms with Crippen molar-refractivity contribution in [2.75, 3.05) is 19.1 Å². The molecular formula is C24H19BrN2O3. The van der Waals surface area contributed by atoms with Crippen LogP contribution in [0.4, 0.5) is 5.69 Å². The van der Waals surface area contributed by atoms with E-state index in [4.69, 9.17) is 14.5 Å². The normalized spacial score (nSPS) is 14.8. The van der Waals surface area contributed by atoms with Gasteiger partial charge in [0, 0.05) is 15.6 Å². The van der Waals surface area contributed by atoms with Crippen molar-refractivity contribution >= 4 is 39.4 Å². The molecule has 0 unspecified atom stereocenters. The number of carbonyl (C=O) groups is 1. The van der Waals surface area contributed by atoms with E-state index in [0.29, 0.717) is 23.0 Å². The highest BCUT2D eigenvalue weighted by molar-refractivity contribution is 9.10. The van der Waals surface area contributed by atoms with E-state index in [2.05, 4.69) is 15.9 Å². The molecule has 30 heavy (non-hydrogen) atoms. The summed E-state index contributed by atoms with van der Waals surface area (Å²) in [5, 5.41) is 0. The minimum absolute atomic E-state index is 0.205. The number of hydrogen-bond donors (Lipinski definition) is 0. The van der Waals surface area contributed by atoms with Crippen molar-refractivity contribution in [2.45, 2.75) is 0 Å². The first kappa shape index (κ1) is 19.9. The Morgan fingerprint density at radius 3 is 2.27 bits per heavy atom. The summed E-state index contributed by atoms with van der Waals surface area (Å²) in [5.74, 6) is 1.77. The molecule has 0 saturated carbocycles. The molecule has 1 heterocycles. The quantitative estimate of drug-likeness (QED) is 0.483. The zero-order valence-corrected chi connectivity index (χ0v) is 18.1. The van der Waals surface area contributed by atoms with Crippen LogP contribution in [-0.2, 0) is 4.79 Å². The van der Waals surface area contributed by atoms with Gasteiger partial charge >= 0.3 is 0 Å². The number of aliphatic imine (C=N–C) groups is 1. The van der Waals surface area contributed by atoms with Gasteiger partial charge in [0.25, 0.3) is 5.91 Å². The third-order valence-corrected chi connectivity index (χ3v) is 5.25. The molecule has 1 aliphatic rings. The molecule has 150 valence electrons. The molecule has 0 bridgehead atoms. The van der Waals surface area contributed by atoms with E-state index in [1.165, 1.54) is 0 Å². The molecule has 0 saturated heterocycles. The number of para-hydroxylation sites is 1. The Hall–Kier alpha value is -3.38. The Morgan fingerprint density at radius 1 is 0.900 bits per heavy atom. The molecule has 6 heteroatoms. The van der Waals surface area contributed by atoms with Gasteiger partial charge in [0.1, 0.15) is 23.0 Å². The van der Waals surface area contributed by atoms with E-state index in [1.807, 2.05) is 72.8 Å². The Labute approximate surface area is 183 Å². The molecule has 3 aromatic rings. The van der Waals surface area contributed by atoms with Crippen LogP contribution >= 0.6 is 15.9 Å². The first-order chi connectivity index (χ1) is 14.6. The highest BCUT2D eigenvalue weighted by Gasteiger charge is 2.32. The monoisotopic (exact) mass is 462 g/mol. The summed E-state index contributed by atoms with van der Waals surface area (Å²) >= 11 is 3.45. The Bertz CT molecular complexity index is 1140. The van der Waals surface area contributed by atoms with Crippen molar-refractivity contribution in [1.82, 2.24) is 0 Å². The smallest absolute Gasteiger partial charge is 0.282 e. The van der Waals surface area contributed by atoms with Crippen molar-refractivity contribution in [1.29, 1.82) is 0 Å². The van der Waals surface area contributed by atoms with Crippen molar-refractivity contribution in [3.05, 3.63) is 94.1 Å². The summed E-state index contributed by atoms with van der Waals surface area (Å²) in [7, 11) is 3.22. The molecule has 1 aliphatic heterocycles. The van der Waals surface area contributed by atoms with Crippen LogP contribution in [-0.4, -0.2) is 26.0 Å². The van der Waals surface area contributed by atoms with Crippen LogP contribution in [0, 0.1) is 0 Å². The molecule has 0 N–H and O–H groups in total.